The standard InChI is InChI=1S/C21H16BrNO3/c1-13(15-7-6-14-4-2-3-5-16(14)11-15)10-20(24)23-19-9-8-17(22)12-18(19)21(25)26/h2-12H,1H3,(H,23,24)(H,25,26)/b13-10-. The van der Waals surface area contributed by atoms with E-state index in [9.17, 15) is 14.7 Å². The fraction of sp³-hybridized carbons (Fsp3) is 0.0476. The molecule has 0 atom stereocenters. The second-order valence-electron chi connectivity index (χ2n) is 5.87. The van der Waals surface area contributed by atoms with E-state index in [0.717, 1.165) is 21.9 Å². The van der Waals surface area contributed by atoms with Crippen LogP contribution in [-0.2, 0) is 4.79 Å². The van der Waals surface area contributed by atoms with Gasteiger partial charge in [-0.1, -0.05) is 52.3 Å². The maximum Gasteiger partial charge on any atom is 0.337 e. The lowest BCUT2D eigenvalue weighted by molar-refractivity contribution is -0.111. The molecule has 3 aromatic rings. The number of hydrogen-bond acceptors (Lipinski definition) is 2. The van der Waals surface area contributed by atoms with Gasteiger partial charge in [-0.15, -0.1) is 0 Å². The predicted molar refractivity (Wildman–Crippen MR) is 107 cm³/mol. The van der Waals surface area contributed by atoms with Crippen molar-refractivity contribution in [2.45, 2.75) is 6.92 Å². The molecule has 0 radical (unpaired) electrons. The van der Waals surface area contributed by atoms with Gasteiger partial charge < -0.3 is 10.4 Å². The van der Waals surface area contributed by atoms with Crippen molar-refractivity contribution in [2.24, 2.45) is 0 Å². The number of amides is 1. The molecule has 4 nitrogen and oxygen atoms in total. The van der Waals surface area contributed by atoms with Gasteiger partial charge in [0.2, 0.25) is 5.91 Å². The van der Waals surface area contributed by atoms with Crippen LogP contribution in [0.4, 0.5) is 5.69 Å². The first-order valence-electron chi connectivity index (χ1n) is 7.95. The number of allylic oxidation sites excluding steroid dienone is 1. The molecule has 3 aromatic carbocycles. The van der Waals surface area contributed by atoms with E-state index in [2.05, 4.69) is 21.2 Å². The van der Waals surface area contributed by atoms with Crippen molar-refractivity contribution in [3.05, 3.63) is 82.3 Å². The van der Waals surface area contributed by atoms with Crippen molar-refractivity contribution in [3.63, 3.8) is 0 Å². The molecular formula is C21H16BrNO3. The van der Waals surface area contributed by atoms with Crippen LogP contribution in [0.25, 0.3) is 16.3 Å². The maximum atomic E-state index is 12.3. The Morgan fingerprint density at radius 1 is 1.00 bits per heavy atom. The first kappa shape index (κ1) is 17.9. The van der Waals surface area contributed by atoms with Crippen LogP contribution in [0.5, 0.6) is 0 Å². The molecule has 0 fully saturated rings. The smallest absolute Gasteiger partial charge is 0.337 e. The number of carboxylic acids is 1. The van der Waals surface area contributed by atoms with E-state index in [1.165, 1.54) is 12.1 Å². The van der Waals surface area contributed by atoms with Crippen LogP contribution in [0.15, 0.2) is 71.2 Å². The maximum absolute atomic E-state index is 12.3. The van der Waals surface area contributed by atoms with Crippen LogP contribution in [0, 0.1) is 0 Å². The van der Waals surface area contributed by atoms with E-state index in [-0.39, 0.29) is 17.2 Å². The summed E-state index contributed by atoms with van der Waals surface area (Å²) in [5.41, 5.74) is 2.02. The molecule has 0 aliphatic heterocycles. The van der Waals surface area contributed by atoms with E-state index in [1.807, 2.05) is 49.4 Å². The molecule has 2 N–H and O–H groups in total. The van der Waals surface area contributed by atoms with Gasteiger partial charge in [0.05, 0.1) is 11.3 Å². The predicted octanol–water partition coefficient (Wildman–Crippen LogP) is 5.34. The lowest BCUT2D eigenvalue weighted by atomic mass is 10.0. The molecule has 0 aromatic heterocycles. The minimum Gasteiger partial charge on any atom is -0.478 e. The van der Waals surface area contributed by atoms with Gasteiger partial charge >= 0.3 is 5.97 Å². The van der Waals surface area contributed by atoms with Crippen LogP contribution < -0.4 is 5.32 Å². The van der Waals surface area contributed by atoms with Crippen LogP contribution in [0.3, 0.4) is 0 Å². The van der Waals surface area contributed by atoms with E-state index < -0.39 is 5.97 Å². The number of carbonyl (C=O) groups excluding carboxylic acids is 1. The van der Waals surface area contributed by atoms with Gasteiger partial charge in [0.25, 0.3) is 0 Å². The molecule has 0 spiro atoms. The minimum absolute atomic E-state index is 0.0319. The zero-order valence-electron chi connectivity index (χ0n) is 14.0. The summed E-state index contributed by atoms with van der Waals surface area (Å²) in [6.07, 6.45) is 1.47. The Labute approximate surface area is 159 Å². The zero-order chi connectivity index (χ0) is 18.7. The average molecular weight is 410 g/mol. The highest BCUT2D eigenvalue weighted by Gasteiger charge is 2.12. The summed E-state index contributed by atoms with van der Waals surface area (Å²) in [5, 5.41) is 14.1. The number of anilines is 1. The Balaban J connectivity index is 1.85. The number of hydrogen-bond donors (Lipinski definition) is 2. The van der Waals surface area contributed by atoms with Crippen LogP contribution in [0.1, 0.15) is 22.8 Å². The number of carboxylic acid groups (broad SMARTS) is 1. The third-order valence-corrected chi connectivity index (χ3v) is 4.52. The van der Waals surface area contributed by atoms with E-state index in [0.29, 0.717) is 4.47 Å². The van der Waals surface area contributed by atoms with Crippen LogP contribution in [-0.4, -0.2) is 17.0 Å². The van der Waals surface area contributed by atoms with Crippen molar-refractivity contribution >= 4 is 49.8 Å². The third kappa shape index (κ3) is 4.00. The molecule has 0 aliphatic carbocycles. The molecule has 0 saturated carbocycles. The van der Waals surface area contributed by atoms with Gasteiger partial charge in [0, 0.05) is 10.5 Å². The van der Waals surface area contributed by atoms with Gasteiger partial charge in [0.1, 0.15) is 0 Å². The number of benzene rings is 3. The average Bonchev–Trinajstić information content (AvgIpc) is 2.62. The fourth-order valence-electron chi connectivity index (χ4n) is 2.69. The molecule has 0 aliphatic rings. The van der Waals surface area contributed by atoms with Crippen LogP contribution >= 0.6 is 15.9 Å². The van der Waals surface area contributed by atoms with Crippen molar-refractivity contribution in [1.29, 1.82) is 0 Å². The highest BCUT2D eigenvalue weighted by atomic mass is 79.9. The summed E-state index contributed by atoms with van der Waals surface area (Å²) < 4.78 is 0.635. The van der Waals surface area contributed by atoms with Crippen molar-refractivity contribution < 1.29 is 14.7 Å². The summed E-state index contributed by atoms with van der Waals surface area (Å²) in [5.74, 6) is -1.47. The first-order chi connectivity index (χ1) is 12.4. The lowest BCUT2D eigenvalue weighted by Crippen LogP contribution is -2.12. The lowest BCUT2D eigenvalue weighted by Gasteiger charge is -2.08. The highest BCUT2D eigenvalue weighted by molar-refractivity contribution is 9.10. The number of nitrogens with one attached hydrogen (secondary N) is 1. The summed E-state index contributed by atoms with van der Waals surface area (Å²) >= 11 is 3.23. The number of carbonyl (C=O) groups is 2. The minimum atomic E-state index is -1.10. The molecule has 0 saturated heterocycles. The van der Waals surface area contributed by atoms with Gasteiger partial charge in [-0.2, -0.15) is 0 Å². The second-order valence-corrected chi connectivity index (χ2v) is 6.79. The van der Waals surface area contributed by atoms with Gasteiger partial charge in [-0.3, -0.25) is 4.79 Å². The van der Waals surface area contributed by atoms with E-state index in [1.54, 1.807) is 12.1 Å². The molecule has 5 heteroatoms. The summed E-state index contributed by atoms with van der Waals surface area (Å²) in [6, 6.07) is 18.7. The first-order valence-corrected chi connectivity index (χ1v) is 8.74. The monoisotopic (exact) mass is 409 g/mol. The summed E-state index contributed by atoms with van der Waals surface area (Å²) in [4.78, 5) is 23.7. The number of halogens is 1. The SMILES string of the molecule is C/C(=C/C(=O)Nc1ccc(Br)cc1C(=O)O)c1ccc2ccccc2c1. The Morgan fingerprint density at radius 2 is 1.73 bits per heavy atom. The fourth-order valence-corrected chi connectivity index (χ4v) is 3.05. The normalized spacial score (nSPS) is 11.4. The summed E-state index contributed by atoms with van der Waals surface area (Å²) in [6.45, 7) is 1.85. The molecule has 0 unspecified atom stereocenters. The molecule has 130 valence electrons. The largest absolute Gasteiger partial charge is 0.478 e. The Hall–Kier alpha value is -2.92. The molecule has 26 heavy (non-hydrogen) atoms. The second kappa shape index (κ2) is 7.54. The Morgan fingerprint density at radius 3 is 2.46 bits per heavy atom. The van der Waals surface area contributed by atoms with Gasteiger partial charge in [0.15, 0.2) is 0 Å². The van der Waals surface area contributed by atoms with E-state index >= 15 is 0 Å². The topological polar surface area (TPSA) is 66.4 Å². The van der Waals surface area contributed by atoms with Crippen molar-refractivity contribution in [2.75, 3.05) is 5.32 Å². The highest BCUT2D eigenvalue weighted by Crippen LogP contribution is 2.23. The van der Waals surface area contributed by atoms with Crippen molar-refractivity contribution in [1.82, 2.24) is 0 Å². The molecule has 0 bridgehead atoms. The molecule has 1 amide bonds. The quantitative estimate of drug-likeness (QED) is 0.571. The summed E-state index contributed by atoms with van der Waals surface area (Å²) in [7, 11) is 0. The number of rotatable bonds is 4. The van der Waals surface area contributed by atoms with E-state index in [4.69, 9.17) is 0 Å². The Bertz CT molecular complexity index is 1040. The molecular weight excluding hydrogens is 394 g/mol. The van der Waals surface area contributed by atoms with Gasteiger partial charge in [-0.25, -0.2) is 4.79 Å². The Kier molecular flexibility index (Phi) is 5.19. The zero-order valence-corrected chi connectivity index (χ0v) is 15.6. The number of fused-ring (bicyclic) bond motifs is 1. The third-order valence-electron chi connectivity index (χ3n) is 4.02. The van der Waals surface area contributed by atoms with Crippen molar-refractivity contribution in [3.8, 4) is 0 Å². The molecule has 3 rings (SSSR count). The molecule has 0 heterocycles. The number of aromatic carboxylic acids is 1. The van der Waals surface area contributed by atoms with Crippen LogP contribution in [0.2, 0.25) is 0 Å². The van der Waals surface area contributed by atoms with Gasteiger partial charge in [-0.05, 0) is 53.1 Å².